The van der Waals surface area contributed by atoms with E-state index in [1.54, 1.807) is 6.92 Å². The summed E-state index contributed by atoms with van der Waals surface area (Å²) in [5.74, 6) is -0.566. The van der Waals surface area contributed by atoms with Gasteiger partial charge in [0.2, 0.25) is 0 Å². The van der Waals surface area contributed by atoms with Gasteiger partial charge in [-0.15, -0.1) is 0 Å². The van der Waals surface area contributed by atoms with Crippen molar-refractivity contribution in [1.29, 1.82) is 0 Å². The average molecular weight is 256 g/mol. The summed E-state index contributed by atoms with van der Waals surface area (Å²) in [6.07, 6.45) is -0.296. The molecule has 0 spiro atoms. The first-order valence-electron chi connectivity index (χ1n) is 5.03. The zero-order chi connectivity index (χ0) is 13.3. The Morgan fingerprint density at radius 3 is 2.83 bits per heavy atom. The topological polar surface area (TPSA) is 73.0 Å². The minimum absolute atomic E-state index is 0.0295. The number of aromatic nitrogens is 3. The first-order valence-corrected chi connectivity index (χ1v) is 5.03. The maximum absolute atomic E-state index is 12.7. The summed E-state index contributed by atoms with van der Waals surface area (Å²) >= 11 is 0. The van der Waals surface area contributed by atoms with Crippen LogP contribution in [0.15, 0.2) is 17.0 Å². The Balaban J connectivity index is 2.24. The van der Waals surface area contributed by atoms with Crippen molar-refractivity contribution in [1.82, 2.24) is 14.9 Å². The molecule has 0 aromatic carbocycles. The van der Waals surface area contributed by atoms with Crippen LogP contribution in [0.2, 0.25) is 0 Å². The smallest absolute Gasteiger partial charge is 0.284 e. The first-order chi connectivity index (χ1) is 8.49. The second-order valence-electron chi connectivity index (χ2n) is 3.67. The average Bonchev–Trinajstić information content (AvgIpc) is 2.84. The van der Waals surface area contributed by atoms with Crippen LogP contribution in [0.4, 0.5) is 14.5 Å². The van der Waals surface area contributed by atoms with Crippen LogP contribution in [0, 0.1) is 6.92 Å². The molecule has 0 radical (unpaired) electrons. The molecular formula is C10H10F2N4O2. The molecule has 0 bridgehead atoms. The normalized spacial score (nSPS) is 10.9. The van der Waals surface area contributed by atoms with E-state index in [2.05, 4.69) is 20.1 Å². The zero-order valence-corrected chi connectivity index (χ0v) is 9.65. The van der Waals surface area contributed by atoms with Crippen LogP contribution >= 0.6 is 0 Å². The molecule has 6 nitrogen and oxygen atoms in total. The molecule has 0 atom stereocenters. The third kappa shape index (κ3) is 2.22. The van der Waals surface area contributed by atoms with E-state index in [0.29, 0.717) is 5.69 Å². The van der Waals surface area contributed by atoms with Crippen LogP contribution in [0.1, 0.15) is 28.2 Å². The number of rotatable bonds is 3. The maximum Gasteiger partial charge on any atom is 0.284 e. The number of amides is 1. The Hall–Kier alpha value is -2.25. The lowest BCUT2D eigenvalue weighted by atomic mass is 10.2. The number of nitrogens with one attached hydrogen (secondary N) is 1. The largest absolute Gasteiger partial charge is 0.364 e. The van der Waals surface area contributed by atoms with Gasteiger partial charge in [-0.05, 0) is 6.92 Å². The second kappa shape index (κ2) is 4.55. The van der Waals surface area contributed by atoms with E-state index in [4.69, 9.17) is 0 Å². The van der Waals surface area contributed by atoms with E-state index in [0.717, 1.165) is 6.26 Å². The van der Waals surface area contributed by atoms with Crippen LogP contribution in [-0.4, -0.2) is 20.8 Å². The van der Waals surface area contributed by atoms with E-state index in [-0.39, 0.29) is 11.3 Å². The summed E-state index contributed by atoms with van der Waals surface area (Å²) in [6.45, 7) is 1.58. The maximum atomic E-state index is 12.7. The van der Waals surface area contributed by atoms with Gasteiger partial charge in [0.05, 0.1) is 11.4 Å². The lowest BCUT2D eigenvalue weighted by Crippen LogP contribution is -2.13. The van der Waals surface area contributed by atoms with Gasteiger partial charge in [0.25, 0.3) is 12.3 Å². The van der Waals surface area contributed by atoms with Crippen LogP contribution in [0.3, 0.4) is 0 Å². The Morgan fingerprint density at radius 2 is 2.28 bits per heavy atom. The van der Waals surface area contributed by atoms with Gasteiger partial charge >= 0.3 is 0 Å². The predicted molar refractivity (Wildman–Crippen MR) is 57.4 cm³/mol. The molecule has 0 fully saturated rings. The highest BCUT2D eigenvalue weighted by Gasteiger charge is 2.21. The zero-order valence-electron chi connectivity index (χ0n) is 9.65. The van der Waals surface area contributed by atoms with Gasteiger partial charge in [-0.2, -0.15) is 5.10 Å². The van der Waals surface area contributed by atoms with Crippen molar-refractivity contribution < 1.29 is 18.1 Å². The van der Waals surface area contributed by atoms with E-state index >= 15 is 0 Å². The number of anilines is 1. The fourth-order valence-corrected chi connectivity index (χ4v) is 1.46. The lowest BCUT2D eigenvalue weighted by molar-refractivity contribution is 0.102. The van der Waals surface area contributed by atoms with Gasteiger partial charge in [-0.25, -0.2) is 8.78 Å². The quantitative estimate of drug-likeness (QED) is 0.910. The molecule has 0 saturated carbocycles. The summed E-state index contributed by atoms with van der Waals surface area (Å²) in [7, 11) is 1.49. The third-order valence-corrected chi connectivity index (χ3v) is 2.31. The van der Waals surface area contributed by atoms with Crippen molar-refractivity contribution in [2.45, 2.75) is 13.3 Å². The highest BCUT2D eigenvalue weighted by atomic mass is 19.3. The summed E-state index contributed by atoms with van der Waals surface area (Å²) in [6, 6.07) is 0. The molecule has 2 rings (SSSR count). The fraction of sp³-hybridized carbons (Fsp3) is 0.300. The number of alkyl halides is 2. The van der Waals surface area contributed by atoms with Gasteiger partial charge in [0, 0.05) is 13.2 Å². The number of nitrogens with zero attached hydrogens (tertiary/aromatic N) is 3. The molecule has 0 aliphatic rings. The predicted octanol–water partition coefficient (Wildman–Crippen LogP) is 1.91. The number of carbonyl (C=O) groups excluding carboxylic acids is 1. The van der Waals surface area contributed by atoms with E-state index in [1.807, 2.05) is 0 Å². The number of aryl methyl sites for hydroxylation is 2. The molecule has 18 heavy (non-hydrogen) atoms. The Bertz CT molecular complexity index is 576. The molecular weight excluding hydrogens is 246 g/mol. The van der Waals surface area contributed by atoms with E-state index in [9.17, 15) is 13.6 Å². The Kier molecular flexibility index (Phi) is 3.09. The first kappa shape index (κ1) is 12.2. The minimum Gasteiger partial charge on any atom is -0.364 e. The Labute approximate surface area is 101 Å². The van der Waals surface area contributed by atoms with Crippen molar-refractivity contribution >= 4 is 11.6 Å². The van der Waals surface area contributed by atoms with E-state index in [1.165, 1.54) is 17.9 Å². The molecule has 0 aliphatic heterocycles. The van der Waals surface area contributed by atoms with Crippen LogP contribution in [0.5, 0.6) is 0 Å². The van der Waals surface area contributed by atoms with Gasteiger partial charge in [0.1, 0.15) is 11.8 Å². The number of hydrogen-bond donors (Lipinski definition) is 1. The highest BCUT2D eigenvalue weighted by molar-refractivity contribution is 6.04. The summed E-state index contributed by atoms with van der Waals surface area (Å²) < 4.78 is 31.1. The van der Waals surface area contributed by atoms with Gasteiger partial charge in [-0.1, -0.05) is 5.16 Å². The van der Waals surface area contributed by atoms with Crippen LogP contribution < -0.4 is 5.32 Å². The van der Waals surface area contributed by atoms with Gasteiger partial charge < -0.3 is 9.84 Å². The SMILES string of the molecule is Cc1nocc1C(=O)Nc1cn(C)nc1C(F)F. The second-order valence-corrected chi connectivity index (χ2v) is 3.67. The molecule has 2 aromatic rings. The standard InChI is InChI=1S/C10H10F2N4O2/c1-5-6(4-18-15-5)10(17)13-7-3-16(2)14-8(7)9(11)12/h3-4,9H,1-2H3,(H,13,17). The molecule has 2 heterocycles. The molecule has 1 amide bonds. The van der Waals surface area contributed by atoms with Crippen molar-refractivity contribution in [3.63, 3.8) is 0 Å². The monoisotopic (exact) mass is 256 g/mol. The van der Waals surface area contributed by atoms with Crippen LogP contribution in [0.25, 0.3) is 0 Å². The summed E-state index contributed by atoms with van der Waals surface area (Å²) in [4.78, 5) is 11.8. The molecule has 0 aliphatic carbocycles. The molecule has 2 aromatic heterocycles. The molecule has 0 unspecified atom stereocenters. The molecule has 8 heteroatoms. The Morgan fingerprint density at radius 1 is 1.56 bits per heavy atom. The molecule has 96 valence electrons. The fourth-order valence-electron chi connectivity index (χ4n) is 1.46. The molecule has 1 N–H and O–H groups in total. The van der Waals surface area contributed by atoms with Crippen LogP contribution in [-0.2, 0) is 7.05 Å². The van der Waals surface area contributed by atoms with Crippen molar-refractivity contribution in [2.75, 3.05) is 5.32 Å². The van der Waals surface area contributed by atoms with Crippen molar-refractivity contribution in [3.8, 4) is 0 Å². The van der Waals surface area contributed by atoms with Gasteiger partial charge in [0.15, 0.2) is 5.69 Å². The van der Waals surface area contributed by atoms with Gasteiger partial charge in [-0.3, -0.25) is 9.48 Å². The van der Waals surface area contributed by atoms with E-state index < -0.39 is 18.0 Å². The minimum atomic E-state index is -2.76. The lowest BCUT2D eigenvalue weighted by Gasteiger charge is -2.02. The van der Waals surface area contributed by atoms with Crippen molar-refractivity contribution in [2.24, 2.45) is 7.05 Å². The number of hydrogen-bond acceptors (Lipinski definition) is 4. The number of carbonyl (C=O) groups is 1. The number of halogens is 2. The summed E-state index contributed by atoms with van der Waals surface area (Å²) in [5, 5.41) is 9.47. The molecule has 0 saturated heterocycles. The highest BCUT2D eigenvalue weighted by Crippen LogP contribution is 2.25. The summed E-state index contributed by atoms with van der Waals surface area (Å²) in [5.41, 5.74) is 0.0760. The third-order valence-electron chi connectivity index (χ3n) is 2.31. The van der Waals surface area contributed by atoms with Crippen molar-refractivity contribution in [3.05, 3.63) is 29.4 Å².